The number of rotatable bonds is 4. The molecule has 1 heterocycles. The summed E-state index contributed by atoms with van der Waals surface area (Å²) in [7, 11) is 4.11. The molecular weight excluding hydrogens is 238 g/mol. The van der Waals surface area contributed by atoms with E-state index in [1.165, 1.54) is 16.9 Å². The predicted molar refractivity (Wildman–Crippen MR) is 79.9 cm³/mol. The minimum absolute atomic E-state index is 0.199. The maximum Gasteiger partial charge on any atom is 0.143 e. The van der Waals surface area contributed by atoms with E-state index in [4.69, 9.17) is 0 Å². The van der Waals surface area contributed by atoms with Crippen molar-refractivity contribution in [3.05, 3.63) is 23.8 Å². The van der Waals surface area contributed by atoms with E-state index < -0.39 is 0 Å². The van der Waals surface area contributed by atoms with Gasteiger partial charge in [0.2, 0.25) is 0 Å². The molecule has 4 heteroatoms. The van der Waals surface area contributed by atoms with Crippen LogP contribution in [-0.2, 0) is 4.79 Å². The van der Waals surface area contributed by atoms with Gasteiger partial charge >= 0.3 is 0 Å². The minimum Gasteiger partial charge on any atom is -0.382 e. The van der Waals surface area contributed by atoms with Crippen LogP contribution in [0.1, 0.15) is 25.5 Å². The third-order valence-corrected chi connectivity index (χ3v) is 3.81. The van der Waals surface area contributed by atoms with Gasteiger partial charge in [-0.2, -0.15) is 0 Å². The molecule has 1 unspecified atom stereocenters. The number of carbonyl (C=O) groups is 1. The number of fused-ring (bicyclic) bond motifs is 1. The lowest BCUT2D eigenvalue weighted by Crippen LogP contribution is -2.31. The zero-order chi connectivity index (χ0) is 14.0. The van der Waals surface area contributed by atoms with E-state index in [9.17, 15) is 4.79 Å². The van der Waals surface area contributed by atoms with Gasteiger partial charge in [0.25, 0.3) is 0 Å². The highest BCUT2D eigenvalue weighted by molar-refractivity contribution is 5.77. The second-order valence-corrected chi connectivity index (χ2v) is 5.42. The van der Waals surface area contributed by atoms with Crippen LogP contribution in [0, 0.1) is 0 Å². The molecule has 0 saturated heterocycles. The van der Waals surface area contributed by atoms with E-state index >= 15 is 0 Å². The first-order chi connectivity index (χ1) is 8.99. The number of hydrogen-bond donors (Lipinski definition) is 1. The average Bonchev–Trinajstić information content (AvgIpc) is 2.37. The van der Waals surface area contributed by atoms with E-state index in [2.05, 4.69) is 47.3 Å². The zero-order valence-corrected chi connectivity index (χ0v) is 12.2. The average molecular weight is 261 g/mol. The number of hydrogen-bond acceptors (Lipinski definition) is 4. The smallest absolute Gasteiger partial charge is 0.143 e. The van der Waals surface area contributed by atoms with Crippen molar-refractivity contribution in [3.63, 3.8) is 0 Å². The van der Waals surface area contributed by atoms with E-state index in [1.807, 2.05) is 7.05 Å². The van der Waals surface area contributed by atoms with Gasteiger partial charge in [-0.15, -0.1) is 0 Å². The summed E-state index contributed by atoms with van der Waals surface area (Å²) in [6.07, 6.45) is 0. The molecule has 2 rings (SSSR count). The van der Waals surface area contributed by atoms with Gasteiger partial charge in [0.15, 0.2) is 0 Å². The summed E-state index contributed by atoms with van der Waals surface area (Å²) in [5, 5.41) is 3.44. The molecular formula is C15H23N3O. The molecule has 0 fully saturated rings. The van der Waals surface area contributed by atoms with Gasteiger partial charge in [0.1, 0.15) is 5.78 Å². The number of ketones is 1. The van der Waals surface area contributed by atoms with E-state index in [-0.39, 0.29) is 11.8 Å². The van der Waals surface area contributed by atoms with Gasteiger partial charge in [-0.25, -0.2) is 0 Å². The molecule has 1 N–H and O–H groups in total. The Morgan fingerprint density at radius 2 is 2.26 bits per heavy atom. The fourth-order valence-electron chi connectivity index (χ4n) is 2.51. The van der Waals surface area contributed by atoms with Crippen molar-refractivity contribution < 1.29 is 4.79 Å². The fourth-order valence-corrected chi connectivity index (χ4v) is 2.51. The highest BCUT2D eigenvalue weighted by Gasteiger charge is 2.17. The Balaban J connectivity index is 2.19. The Hall–Kier alpha value is -1.55. The molecule has 1 aromatic rings. The maximum atomic E-state index is 11.2. The highest BCUT2D eigenvalue weighted by Crippen LogP contribution is 2.31. The molecule has 0 aromatic heterocycles. The van der Waals surface area contributed by atoms with Gasteiger partial charge in [-0.3, -0.25) is 9.69 Å². The summed E-state index contributed by atoms with van der Waals surface area (Å²) in [5.41, 5.74) is 3.68. The van der Waals surface area contributed by atoms with Crippen molar-refractivity contribution in [1.29, 1.82) is 0 Å². The summed E-state index contributed by atoms with van der Waals surface area (Å²) in [6, 6.07) is 6.76. The van der Waals surface area contributed by atoms with Gasteiger partial charge in [-0.1, -0.05) is 6.07 Å². The van der Waals surface area contributed by atoms with Crippen LogP contribution in [0.5, 0.6) is 0 Å². The van der Waals surface area contributed by atoms with Crippen LogP contribution in [0.2, 0.25) is 0 Å². The van der Waals surface area contributed by atoms with Crippen LogP contribution in [0.15, 0.2) is 18.2 Å². The van der Waals surface area contributed by atoms with Crippen LogP contribution in [0.4, 0.5) is 11.4 Å². The topological polar surface area (TPSA) is 35.6 Å². The van der Waals surface area contributed by atoms with Crippen molar-refractivity contribution >= 4 is 17.2 Å². The number of likely N-dealkylation sites (N-methyl/N-ethyl adjacent to an activating group) is 2. The quantitative estimate of drug-likeness (QED) is 0.900. The van der Waals surface area contributed by atoms with Crippen LogP contribution >= 0.6 is 0 Å². The Morgan fingerprint density at radius 1 is 1.53 bits per heavy atom. The normalized spacial score (nSPS) is 15.9. The van der Waals surface area contributed by atoms with Gasteiger partial charge in [0.05, 0.1) is 17.9 Å². The van der Waals surface area contributed by atoms with Crippen molar-refractivity contribution in [3.8, 4) is 0 Å². The van der Waals surface area contributed by atoms with E-state index in [0.29, 0.717) is 6.54 Å². The molecule has 104 valence electrons. The Labute approximate surface area is 115 Å². The lowest BCUT2D eigenvalue weighted by atomic mass is 10.0. The lowest BCUT2D eigenvalue weighted by molar-refractivity contribution is -0.118. The summed E-state index contributed by atoms with van der Waals surface area (Å²) in [6.45, 7) is 6.27. The molecule has 0 aliphatic carbocycles. The minimum atomic E-state index is 0.199. The fraction of sp³-hybridized carbons (Fsp3) is 0.533. The second kappa shape index (κ2) is 5.61. The van der Waals surface area contributed by atoms with Crippen LogP contribution in [0.25, 0.3) is 0 Å². The molecule has 0 spiro atoms. The van der Waals surface area contributed by atoms with Crippen LogP contribution in [0.3, 0.4) is 0 Å². The molecule has 0 bridgehead atoms. The number of anilines is 2. The number of nitrogens with one attached hydrogen (secondary N) is 1. The first kappa shape index (κ1) is 13.9. The Bertz CT molecular complexity index is 472. The molecule has 0 radical (unpaired) electrons. The summed E-state index contributed by atoms with van der Waals surface area (Å²) < 4.78 is 0. The maximum absolute atomic E-state index is 11.2. The number of carbonyl (C=O) groups excluding carboxylic acids is 1. The van der Waals surface area contributed by atoms with E-state index in [0.717, 1.165) is 13.1 Å². The molecule has 0 amide bonds. The van der Waals surface area contributed by atoms with Gasteiger partial charge in [-0.05, 0) is 38.6 Å². The lowest BCUT2D eigenvalue weighted by Gasteiger charge is -2.30. The van der Waals surface area contributed by atoms with E-state index in [1.54, 1.807) is 6.92 Å². The number of Topliss-reactive ketones (excluding diaryl/α,β-unsaturated/α-hetero) is 1. The molecule has 1 aliphatic rings. The molecule has 19 heavy (non-hydrogen) atoms. The van der Waals surface area contributed by atoms with Crippen molar-refractivity contribution in [2.45, 2.75) is 19.9 Å². The summed E-state index contributed by atoms with van der Waals surface area (Å²) in [4.78, 5) is 15.5. The Kier molecular flexibility index (Phi) is 4.10. The monoisotopic (exact) mass is 261 g/mol. The van der Waals surface area contributed by atoms with Crippen molar-refractivity contribution in [2.24, 2.45) is 0 Å². The second-order valence-electron chi connectivity index (χ2n) is 5.42. The van der Waals surface area contributed by atoms with Crippen LogP contribution in [-0.4, -0.2) is 44.4 Å². The molecule has 0 saturated carbocycles. The zero-order valence-electron chi connectivity index (χ0n) is 12.2. The predicted octanol–water partition coefficient (Wildman–Crippen LogP) is 2.13. The molecule has 4 nitrogen and oxygen atoms in total. The standard InChI is InChI=1S/C15H23N3O/c1-11(19)10-18(4)12(2)13-5-6-15-14(9-13)16-7-8-17(15)3/h5-6,9,12,16H,7-8,10H2,1-4H3. The Morgan fingerprint density at radius 3 is 2.95 bits per heavy atom. The number of benzene rings is 1. The van der Waals surface area contributed by atoms with Crippen molar-refractivity contribution in [1.82, 2.24) is 4.90 Å². The van der Waals surface area contributed by atoms with Gasteiger partial charge in [0, 0.05) is 26.2 Å². The third-order valence-electron chi connectivity index (χ3n) is 3.81. The van der Waals surface area contributed by atoms with Gasteiger partial charge < -0.3 is 10.2 Å². The molecule has 1 aromatic carbocycles. The summed E-state index contributed by atoms with van der Waals surface area (Å²) >= 11 is 0. The first-order valence-corrected chi connectivity index (χ1v) is 6.77. The molecule has 1 atom stereocenters. The number of nitrogens with zero attached hydrogens (tertiary/aromatic N) is 2. The largest absolute Gasteiger partial charge is 0.382 e. The SMILES string of the molecule is CC(=O)CN(C)C(C)c1ccc2c(c1)NCCN2C. The highest BCUT2D eigenvalue weighted by atomic mass is 16.1. The van der Waals surface area contributed by atoms with Crippen molar-refractivity contribution in [2.75, 3.05) is 43.9 Å². The summed E-state index contributed by atoms with van der Waals surface area (Å²) in [5.74, 6) is 0.199. The third kappa shape index (κ3) is 3.07. The molecule has 1 aliphatic heterocycles. The first-order valence-electron chi connectivity index (χ1n) is 6.77. The van der Waals surface area contributed by atoms with Crippen LogP contribution < -0.4 is 10.2 Å².